The van der Waals surface area contributed by atoms with Crippen LogP contribution >= 0.6 is 0 Å². The molecule has 1 aromatic carbocycles. The van der Waals surface area contributed by atoms with Crippen LogP contribution in [-0.4, -0.2) is 48.1 Å². The van der Waals surface area contributed by atoms with Crippen LogP contribution in [0, 0.1) is 11.3 Å². The minimum absolute atomic E-state index is 0.0104. The molecule has 0 aliphatic carbocycles. The highest BCUT2D eigenvalue weighted by molar-refractivity contribution is 5.25. The highest BCUT2D eigenvalue weighted by Gasteiger charge is 2.33. The fourth-order valence-corrected chi connectivity index (χ4v) is 3.81. The number of piperazine rings is 1. The van der Waals surface area contributed by atoms with Crippen LogP contribution in [0.3, 0.4) is 0 Å². The summed E-state index contributed by atoms with van der Waals surface area (Å²) in [4.78, 5) is 5.20. The molecular formula is C18H25N3. The Morgan fingerprint density at radius 2 is 2.05 bits per heavy atom. The van der Waals surface area contributed by atoms with Gasteiger partial charge >= 0.3 is 0 Å². The van der Waals surface area contributed by atoms with Crippen LogP contribution in [0.5, 0.6) is 0 Å². The molecule has 2 saturated heterocycles. The first-order valence-corrected chi connectivity index (χ1v) is 8.20. The molecule has 1 aromatic rings. The molecule has 3 atom stereocenters. The Hall–Kier alpha value is -1.37. The lowest BCUT2D eigenvalue weighted by Crippen LogP contribution is -2.59. The van der Waals surface area contributed by atoms with Gasteiger partial charge in [-0.1, -0.05) is 36.8 Å². The molecule has 0 amide bonds. The molecule has 2 aliphatic rings. The quantitative estimate of drug-likeness (QED) is 0.854. The maximum Gasteiger partial charge on any atom is 0.0839 e. The number of nitriles is 1. The Labute approximate surface area is 128 Å². The van der Waals surface area contributed by atoms with Gasteiger partial charge in [0.2, 0.25) is 0 Å². The van der Waals surface area contributed by atoms with Crippen molar-refractivity contribution in [2.45, 2.75) is 44.2 Å². The third-order valence-corrected chi connectivity index (χ3v) is 5.09. The van der Waals surface area contributed by atoms with E-state index in [4.69, 9.17) is 0 Å². The number of rotatable bonds is 3. The molecule has 0 aromatic heterocycles. The zero-order valence-corrected chi connectivity index (χ0v) is 12.9. The largest absolute Gasteiger partial charge is 0.298 e. The number of piperidine rings is 1. The topological polar surface area (TPSA) is 30.3 Å². The van der Waals surface area contributed by atoms with Gasteiger partial charge in [0.1, 0.15) is 0 Å². The number of hydrogen-bond donors (Lipinski definition) is 0. The smallest absolute Gasteiger partial charge is 0.0839 e. The van der Waals surface area contributed by atoms with Gasteiger partial charge in [-0.3, -0.25) is 9.80 Å². The Kier molecular flexibility index (Phi) is 4.57. The molecule has 0 saturated carbocycles. The van der Waals surface area contributed by atoms with Gasteiger partial charge in [0.05, 0.1) is 12.0 Å². The second kappa shape index (κ2) is 6.60. The van der Waals surface area contributed by atoms with Gasteiger partial charge < -0.3 is 0 Å². The van der Waals surface area contributed by atoms with Gasteiger partial charge in [-0.25, -0.2) is 0 Å². The minimum Gasteiger partial charge on any atom is -0.298 e. The van der Waals surface area contributed by atoms with Crippen LogP contribution in [0.25, 0.3) is 0 Å². The van der Waals surface area contributed by atoms with E-state index in [1.807, 2.05) is 18.2 Å². The minimum atomic E-state index is -0.0104. The Balaban J connectivity index is 1.67. The molecule has 3 unspecified atom stereocenters. The van der Waals surface area contributed by atoms with Crippen LogP contribution in [-0.2, 0) is 0 Å². The molecule has 0 bridgehead atoms. The summed E-state index contributed by atoms with van der Waals surface area (Å²) in [5.41, 5.74) is 1.15. The molecule has 0 N–H and O–H groups in total. The average Bonchev–Trinajstić information content (AvgIpc) is 2.53. The van der Waals surface area contributed by atoms with Crippen molar-refractivity contribution in [3.8, 4) is 6.07 Å². The average molecular weight is 283 g/mol. The zero-order valence-electron chi connectivity index (χ0n) is 12.9. The summed E-state index contributed by atoms with van der Waals surface area (Å²) in [6.07, 6.45) is 4.05. The van der Waals surface area contributed by atoms with E-state index >= 15 is 0 Å². The lowest BCUT2D eigenvalue weighted by Gasteiger charge is -2.48. The van der Waals surface area contributed by atoms with E-state index in [-0.39, 0.29) is 5.92 Å². The summed E-state index contributed by atoms with van der Waals surface area (Å²) in [7, 11) is 0. The van der Waals surface area contributed by atoms with Gasteiger partial charge in [0.25, 0.3) is 0 Å². The number of hydrogen-bond acceptors (Lipinski definition) is 3. The fourth-order valence-electron chi connectivity index (χ4n) is 3.81. The van der Waals surface area contributed by atoms with E-state index in [1.54, 1.807) is 0 Å². The Morgan fingerprint density at radius 3 is 2.81 bits per heavy atom. The zero-order chi connectivity index (χ0) is 14.7. The lowest BCUT2D eigenvalue weighted by atomic mass is 9.94. The monoisotopic (exact) mass is 283 g/mol. The van der Waals surface area contributed by atoms with Gasteiger partial charge in [-0.05, 0) is 31.9 Å². The lowest BCUT2D eigenvalue weighted by molar-refractivity contribution is 0.0144. The van der Waals surface area contributed by atoms with E-state index in [1.165, 1.54) is 25.8 Å². The number of fused-ring (bicyclic) bond motifs is 1. The highest BCUT2D eigenvalue weighted by atomic mass is 15.3. The summed E-state index contributed by atoms with van der Waals surface area (Å²) in [5.74, 6) is -0.0104. The van der Waals surface area contributed by atoms with Crippen LogP contribution in [0.4, 0.5) is 0 Å². The molecule has 112 valence electrons. The van der Waals surface area contributed by atoms with Gasteiger partial charge in [0, 0.05) is 31.7 Å². The second-order valence-electron chi connectivity index (χ2n) is 6.54. The molecule has 2 fully saturated rings. The molecule has 3 nitrogen and oxygen atoms in total. The summed E-state index contributed by atoms with van der Waals surface area (Å²) in [5, 5.41) is 9.54. The summed E-state index contributed by atoms with van der Waals surface area (Å²) in [6, 6.07) is 14.0. The standard InChI is InChI=1S/C18H25N3/c1-15-12-20-10-6-5-9-18(20)14-21(15)13-17(11-19)16-7-3-2-4-8-16/h2-4,7-8,15,17-18H,5-6,9-10,12-14H2,1H3. The fraction of sp³-hybridized carbons (Fsp3) is 0.611. The van der Waals surface area contributed by atoms with Crippen molar-refractivity contribution >= 4 is 0 Å². The second-order valence-corrected chi connectivity index (χ2v) is 6.54. The third-order valence-electron chi connectivity index (χ3n) is 5.09. The van der Waals surface area contributed by atoms with Gasteiger partial charge in [-0.2, -0.15) is 5.26 Å². The first-order valence-electron chi connectivity index (χ1n) is 8.20. The van der Waals surface area contributed by atoms with Crippen molar-refractivity contribution < 1.29 is 0 Å². The Bertz CT molecular complexity index is 493. The molecule has 0 spiro atoms. The Morgan fingerprint density at radius 1 is 1.24 bits per heavy atom. The predicted molar refractivity (Wildman–Crippen MR) is 85.0 cm³/mol. The van der Waals surface area contributed by atoms with Crippen molar-refractivity contribution in [2.75, 3.05) is 26.2 Å². The van der Waals surface area contributed by atoms with Gasteiger partial charge in [-0.15, -0.1) is 0 Å². The molecule has 21 heavy (non-hydrogen) atoms. The molecule has 3 rings (SSSR count). The maximum absolute atomic E-state index is 9.54. The SMILES string of the molecule is CC1CN2CCCCC2CN1CC(C#N)c1ccccc1. The molecule has 2 heterocycles. The third kappa shape index (κ3) is 3.28. The first kappa shape index (κ1) is 14.6. The number of benzene rings is 1. The van der Waals surface area contributed by atoms with Crippen LogP contribution in [0.15, 0.2) is 30.3 Å². The predicted octanol–water partition coefficient (Wildman–Crippen LogP) is 2.85. The van der Waals surface area contributed by atoms with Crippen LogP contribution in [0.1, 0.15) is 37.7 Å². The highest BCUT2D eigenvalue weighted by Crippen LogP contribution is 2.26. The van der Waals surface area contributed by atoms with Crippen molar-refractivity contribution in [1.29, 1.82) is 5.26 Å². The van der Waals surface area contributed by atoms with Crippen molar-refractivity contribution in [1.82, 2.24) is 9.80 Å². The summed E-state index contributed by atoms with van der Waals surface area (Å²) >= 11 is 0. The first-order chi connectivity index (χ1) is 10.3. The molecular weight excluding hydrogens is 258 g/mol. The van der Waals surface area contributed by atoms with Crippen molar-refractivity contribution in [2.24, 2.45) is 0 Å². The van der Waals surface area contributed by atoms with Crippen molar-refractivity contribution in [3.63, 3.8) is 0 Å². The summed E-state index contributed by atoms with van der Waals surface area (Å²) in [6.45, 7) is 6.74. The van der Waals surface area contributed by atoms with Crippen molar-refractivity contribution in [3.05, 3.63) is 35.9 Å². The molecule has 3 heteroatoms. The number of nitrogens with zero attached hydrogens (tertiary/aromatic N) is 3. The van der Waals surface area contributed by atoms with E-state index in [9.17, 15) is 5.26 Å². The molecule has 2 aliphatic heterocycles. The van der Waals surface area contributed by atoms with Gasteiger partial charge in [0.15, 0.2) is 0 Å². The van der Waals surface area contributed by atoms with E-state index in [0.29, 0.717) is 12.1 Å². The molecule has 0 radical (unpaired) electrons. The van der Waals surface area contributed by atoms with Crippen LogP contribution < -0.4 is 0 Å². The summed E-state index contributed by atoms with van der Waals surface area (Å²) < 4.78 is 0. The van der Waals surface area contributed by atoms with E-state index in [0.717, 1.165) is 25.2 Å². The maximum atomic E-state index is 9.54. The van der Waals surface area contributed by atoms with Crippen LogP contribution in [0.2, 0.25) is 0 Å². The normalized spacial score (nSPS) is 28.6. The van der Waals surface area contributed by atoms with E-state index < -0.39 is 0 Å². The van der Waals surface area contributed by atoms with E-state index in [2.05, 4.69) is 34.9 Å².